The number of rotatable bonds is 4. The summed E-state index contributed by atoms with van der Waals surface area (Å²) in [5.74, 6) is 0.751. The molecule has 1 saturated heterocycles. The van der Waals surface area contributed by atoms with E-state index in [4.69, 9.17) is 0 Å². The van der Waals surface area contributed by atoms with E-state index >= 15 is 0 Å². The van der Waals surface area contributed by atoms with Crippen molar-refractivity contribution in [2.24, 2.45) is 0 Å². The molecule has 21 heavy (non-hydrogen) atoms. The number of likely N-dealkylation sites (tertiary alicyclic amines) is 1. The first-order valence-corrected chi connectivity index (χ1v) is 8.83. The molecule has 0 saturated carbocycles. The summed E-state index contributed by atoms with van der Waals surface area (Å²) in [5, 5.41) is 3.47. The van der Waals surface area contributed by atoms with Gasteiger partial charge in [-0.3, -0.25) is 4.90 Å². The number of anilines is 1. The van der Waals surface area contributed by atoms with Crippen LogP contribution in [0, 0.1) is 6.92 Å². The van der Waals surface area contributed by atoms with Crippen LogP contribution >= 0.6 is 27.3 Å². The van der Waals surface area contributed by atoms with Crippen LogP contribution in [-0.4, -0.2) is 34.0 Å². The van der Waals surface area contributed by atoms with Crippen molar-refractivity contribution < 1.29 is 0 Å². The molecule has 2 aromatic rings. The van der Waals surface area contributed by atoms with Gasteiger partial charge in [-0.2, -0.15) is 0 Å². The van der Waals surface area contributed by atoms with Crippen LogP contribution in [0.1, 0.15) is 23.4 Å². The molecule has 112 valence electrons. The van der Waals surface area contributed by atoms with Crippen LogP contribution < -0.4 is 5.32 Å². The number of hydrogen-bond acceptors (Lipinski definition) is 5. The summed E-state index contributed by atoms with van der Waals surface area (Å²) in [7, 11) is 0. The van der Waals surface area contributed by atoms with E-state index in [1.165, 1.54) is 28.0 Å². The minimum Gasteiger partial charge on any atom is -0.350 e. The minimum absolute atomic E-state index is 0.434. The summed E-state index contributed by atoms with van der Waals surface area (Å²) in [6.45, 7) is 5.24. The molecular weight excluding hydrogens is 348 g/mol. The van der Waals surface area contributed by atoms with Gasteiger partial charge in [0.05, 0.1) is 3.79 Å². The Balaban J connectivity index is 1.58. The average molecular weight is 367 g/mol. The first-order chi connectivity index (χ1) is 10.2. The van der Waals surface area contributed by atoms with Crippen LogP contribution in [0.5, 0.6) is 0 Å². The van der Waals surface area contributed by atoms with Gasteiger partial charge in [0.25, 0.3) is 0 Å². The molecule has 1 unspecified atom stereocenters. The molecule has 4 nitrogen and oxygen atoms in total. The third kappa shape index (κ3) is 4.25. The van der Waals surface area contributed by atoms with Gasteiger partial charge < -0.3 is 5.32 Å². The van der Waals surface area contributed by atoms with Crippen molar-refractivity contribution >= 4 is 33.2 Å². The lowest BCUT2D eigenvalue weighted by atomic mass is 10.1. The number of piperidine rings is 1. The fourth-order valence-electron chi connectivity index (χ4n) is 2.68. The lowest BCUT2D eigenvalue weighted by Gasteiger charge is -2.32. The Kier molecular flexibility index (Phi) is 4.87. The fraction of sp³-hybridized carbons (Fsp3) is 0.467. The van der Waals surface area contributed by atoms with Crippen LogP contribution in [0.2, 0.25) is 0 Å². The predicted molar refractivity (Wildman–Crippen MR) is 90.7 cm³/mol. The summed E-state index contributed by atoms with van der Waals surface area (Å²) in [5.41, 5.74) is 1.00. The molecule has 1 aliphatic rings. The van der Waals surface area contributed by atoms with Crippen LogP contribution in [0.3, 0.4) is 0 Å². The SMILES string of the molecule is Cc1ccnc(NC2CCCN(Cc3ccc(Br)s3)C2)n1. The molecule has 1 N–H and O–H groups in total. The summed E-state index contributed by atoms with van der Waals surface area (Å²) in [6.07, 6.45) is 4.21. The molecule has 0 spiro atoms. The summed E-state index contributed by atoms with van der Waals surface area (Å²) in [6, 6.07) is 6.69. The van der Waals surface area contributed by atoms with E-state index in [0.29, 0.717) is 6.04 Å². The van der Waals surface area contributed by atoms with Gasteiger partial charge in [0, 0.05) is 35.9 Å². The molecule has 0 aliphatic carbocycles. The maximum atomic E-state index is 4.43. The molecule has 0 aromatic carbocycles. The maximum Gasteiger partial charge on any atom is 0.223 e. The zero-order chi connectivity index (χ0) is 14.7. The zero-order valence-corrected chi connectivity index (χ0v) is 14.5. The number of halogens is 1. The molecule has 3 heterocycles. The summed E-state index contributed by atoms with van der Waals surface area (Å²) in [4.78, 5) is 12.7. The van der Waals surface area contributed by atoms with Crippen LogP contribution in [-0.2, 0) is 6.54 Å². The van der Waals surface area contributed by atoms with Crippen LogP contribution in [0.15, 0.2) is 28.2 Å². The maximum absolute atomic E-state index is 4.43. The van der Waals surface area contributed by atoms with E-state index in [2.05, 4.69) is 48.2 Å². The van der Waals surface area contributed by atoms with Gasteiger partial charge in [-0.05, 0) is 60.4 Å². The number of aryl methyl sites for hydroxylation is 1. The molecule has 0 amide bonds. The van der Waals surface area contributed by atoms with E-state index in [0.717, 1.165) is 24.7 Å². The minimum atomic E-state index is 0.434. The van der Waals surface area contributed by atoms with Crippen molar-refractivity contribution in [1.29, 1.82) is 0 Å². The largest absolute Gasteiger partial charge is 0.350 e. The molecule has 2 aromatic heterocycles. The average Bonchev–Trinajstić information content (AvgIpc) is 2.84. The number of nitrogens with one attached hydrogen (secondary N) is 1. The van der Waals surface area contributed by atoms with Crippen molar-refractivity contribution in [3.63, 3.8) is 0 Å². The van der Waals surface area contributed by atoms with Gasteiger partial charge in [0.15, 0.2) is 0 Å². The van der Waals surface area contributed by atoms with E-state index in [-0.39, 0.29) is 0 Å². The highest BCUT2D eigenvalue weighted by Crippen LogP contribution is 2.24. The predicted octanol–water partition coefficient (Wildman–Crippen LogP) is 3.69. The van der Waals surface area contributed by atoms with Crippen LogP contribution in [0.25, 0.3) is 0 Å². The molecule has 0 radical (unpaired) electrons. The Bertz CT molecular complexity index is 601. The van der Waals surface area contributed by atoms with E-state index in [1.54, 1.807) is 0 Å². The lowest BCUT2D eigenvalue weighted by molar-refractivity contribution is 0.210. The first-order valence-electron chi connectivity index (χ1n) is 7.22. The Hall–Kier alpha value is -0.980. The highest BCUT2D eigenvalue weighted by molar-refractivity contribution is 9.11. The second-order valence-electron chi connectivity index (χ2n) is 5.45. The lowest BCUT2D eigenvalue weighted by Crippen LogP contribution is -2.41. The van der Waals surface area contributed by atoms with Gasteiger partial charge in [-0.25, -0.2) is 9.97 Å². The Morgan fingerprint density at radius 3 is 3.10 bits per heavy atom. The monoisotopic (exact) mass is 366 g/mol. The number of hydrogen-bond donors (Lipinski definition) is 1. The van der Waals surface area contributed by atoms with E-state index < -0.39 is 0 Å². The van der Waals surface area contributed by atoms with Crippen molar-refractivity contribution in [2.75, 3.05) is 18.4 Å². The van der Waals surface area contributed by atoms with Crippen molar-refractivity contribution in [2.45, 2.75) is 32.4 Å². The third-order valence-corrected chi connectivity index (χ3v) is 5.25. The highest BCUT2D eigenvalue weighted by atomic mass is 79.9. The molecule has 1 aliphatic heterocycles. The Morgan fingerprint density at radius 2 is 2.33 bits per heavy atom. The van der Waals surface area contributed by atoms with Crippen LogP contribution in [0.4, 0.5) is 5.95 Å². The highest BCUT2D eigenvalue weighted by Gasteiger charge is 2.20. The first kappa shape index (κ1) is 14.9. The second-order valence-corrected chi connectivity index (χ2v) is 7.99. The molecule has 1 fully saturated rings. The molecule has 1 atom stereocenters. The van der Waals surface area contributed by atoms with E-state index in [9.17, 15) is 0 Å². The molecular formula is C15H19BrN4S. The van der Waals surface area contributed by atoms with Crippen molar-refractivity contribution in [3.8, 4) is 0 Å². The second kappa shape index (κ2) is 6.85. The van der Waals surface area contributed by atoms with Gasteiger partial charge in [0.2, 0.25) is 5.95 Å². The standard InChI is InChI=1S/C15H19BrN4S/c1-11-6-7-17-15(18-11)19-12-3-2-8-20(9-12)10-13-4-5-14(16)21-13/h4-7,12H,2-3,8-10H2,1H3,(H,17,18,19). The van der Waals surface area contributed by atoms with Crippen molar-refractivity contribution in [3.05, 3.63) is 38.8 Å². The van der Waals surface area contributed by atoms with Gasteiger partial charge >= 0.3 is 0 Å². The fourth-order valence-corrected chi connectivity index (χ4v) is 4.20. The zero-order valence-electron chi connectivity index (χ0n) is 12.1. The van der Waals surface area contributed by atoms with Gasteiger partial charge in [-0.1, -0.05) is 0 Å². The Labute approximate surface area is 137 Å². The number of aromatic nitrogens is 2. The molecule has 0 bridgehead atoms. The van der Waals surface area contributed by atoms with E-state index in [1.807, 2.05) is 30.5 Å². The number of thiophene rings is 1. The molecule has 6 heteroatoms. The Morgan fingerprint density at radius 1 is 1.43 bits per heavy atom. The topological polar surface area (TPSA) is 41.1 Å². The van der Waals surface area contributed by atoms with Gasteiger partial charge in [0.1, 0.15) is 0 Å². The molecule has 3 rings (SSSR count). The summed E-state index contributed by atoms with van der Waals surface area (Å²) >= 11 is 5.35. The number of nitrogens with zero attached hydrogens (tertiary/aromatic N) is 3. The normalized spacial score (nSPS) is 19.6. The van der Waals surface area contributed by atoms with Crippen molar-refractivity contribution in [1.82, 2.24) is 14.9 Å². The quantitative estimate of drug-likeness (QED) is 0.895. The smallest absolute Gasteiger partial charge is 0.223 e. The van der Waals surface area contributed by atoms with Gasteiger partial charge in [-0.15, -0.1) is 11.3 Å². The summed E-state index contributed by atoms with van der Waals surface area (Å²) < 4.78 is 1.21. The third-order valence-electron chi connectivity index (χ3n) is 3.64.